The second-order valence-electron chi connectivity index (χ2n) is 5.84. The lowest BCUT2D eigenvalue weighted by Crippen LogP contribution is -2.16. The van der Waals surface area contributed by atoms with E-state index >= 15 is 0 Å². The van der Waals surface area contributed by atoms with Crippen molar-refractivity contribution in [2.75, 3.05) is 13.2 Å². The fraction of sp³-hybridized carbons (Fsp3) is 0.211. The van der Waals surface area contributed by atoms with Gasteiger partial charge in [0.2, 0.25) is 0 Å². The van der Waals surface area contributed by atoms with Gasteiger partial charge in [0.25, 0.3) is 0 Å². The van der Waals surface area contributed by atoms with Crippen molar-refractivity contribution in [3.63, 3.8) is 0 Å². The lowest BCUT2D eigenvalue weighted by molar-refractivity contribution is -0.170. The summed E-state index contributed by atoms with van der Waals surface area (Å²) in [6.45, 7) is -1.53. The first-order chi connectivity index (χ1) is 12.5. The highest BCUT2D eigenvalue weighted by atomic mass is 32.1. The molecule has 3 nitrogen and oxygen atoms in total. The Bertz CT molecular complexity index is 1010. The third kappa shape index (κ3) is 3.39. The van der Waals surface area contributed by atoms with Gasteiger partial charge in [0.05, 0.1) is 22.5 Å². The summed E-state index contributed by atoms with van der Waals surface area (Å²) in [5.41, 5.74) is 5.63. The number of hydrogen-bond donors (Lipinski definition) is 0. The standard InChI is InChI=1S/C19H13F3N2OS/c20-19(21,22)12-25-7-3-5-16-9-15(11-26-16)24-18-14(10-23-24)8-13-4-1-2-6-17(13)18/h1-2,4,6,9-11H,7-8,12H2. The quantitative estimate of drug-likeness (QED) is 0.392. The van der Waals surface area contributed by atoms with Crippen LogP contribution in [0.4, 0.5) is 13.2 Å². The number of nitrogens with zero attached hydrogens (tertiary/aromatic N) is 2. The topological polar surface area (TPSA) is 27.1 Å². The predicted molar refractivity (Wildman–Crippen MR) is 93.4 cm³/mol. The number of aromatic nitrogens is 2. The van der Waals surface area contributed by atoms with Crippen LogP contribution in [0.5, 0.6) is 0 Å². The zero-order valence-electron chi connectivity index (χ0n) is 13.5. The summed E-state index contributed by atoms with van der Waals surface area (Å²) in [6, 6.07) is 10.1. The molecule has 0 aliphatic heterocycles. The zero-order chi connectivity index (χ0) is 18.1. The maximum atomic E-state index is 12.0. The molecule has 0 atom stereocenters. The summed E-state index contributed by atoms with van der Waals surface area (Å²) in [6.07, 6.45) is -1.57. The zero-order valence-corrected chi connectivity index (χ0v) is 14.3. The fourth-order valence-corrected chi connectivity index (χ4v) is 3.68. The molecule has 132 valence electrons. The number of benzene rings is 1. The van der Waals surface area contributed by atoms with Crippen molar-refractivity contribution in [3.8, 4) is 28.8 Å². The highest BCUT2D eigenvalue weighted by Gasteiger charge is 2.27. The summed E-state index contributed by atoms with van der Waals surface area (Å²) in [5, 5.41) is 6.42. The van der Waals surface area contributed by atoms with Gasteiger partial charge in [0.15, 0.2) is 0 Å². The van der Waals surface area contributed by atoms with Gasteiger partial charge >= 0.3 is 6.18 Å². The summed E-state index contributed by atoms with van der Waals surface area (Å²) >= 11 is 1.43. The predicted octanol–water partition coefficient (Wildman–Crippen LogP) is 4.44. The van der Waals surface area contributed by atoms with E-state index in [2.05, 4.69) is 33.8 Å². The molecule has 0 fully saturated rings. The van der Waals surface area contributed by atoms with Crippen LogP contribution in [0.1, 0.15) is 16.0 Å². The average Bonchev–Trinajstić information content (AvgIpc) is 3.27. The van der Waals surface area contributed by atoms with Crippen LogP contribution in [0.3, 0.4) is 0 Å². The number of rotatable bonds is 3. The minimum Gasteiger partial charge on any atom is -0.359 e. The van der Waals surface area contributed by atoms with Gasteiger partial charge in [0.1, 0.15) is 13.2 Å². The largest absolute Gasteiger partial charge is 0.411 e. The van der Waals surface area contributed by atoms with Crippen molar-refractivity contribution in [2.45, 2.75) is 12.6 Å². The number of thiophene rings is 1. The molecule has 0 bridgehead atoms. The molecule has 4 rings (SSSR count). The Morgan fingerprint density at radius 1 is 1.23 bits per heavy atom. The van der Waals surface area contributed by atoms with Gasteiger partial charge in [-0.2, -0.15) is 18.3 Å². The van der Waals surface area contributed by atoms with Gasteiger partial charge in [-0.3, -0.25) is 0 Å². The van der Waals surface area contributed by atoms with Crippen molar-refractivity contribution in [2.24, 2.45) is 0 Å². The molecule has 0 N–H and O–H groups in total. The van der Waals surface area contributed by atoms with Gasteiger partial charge in [-0.15, -0.1) is 11.3 Å². The molecule has 2 heterocycles. The van der Waals surface area contributed by atoms with E-state index in [0.717, 1.165) is 22.7 Å². The molecule has 26 heavy (non-hydrogen) atoms. The van der Waals surface area contributed by atoms with Crippen LogP contribution in [0.2, 0.25) is 0 Å². The van der Waals surface area contributed by atoms with Gasteiger partial charge in [-0.1, -0.05) is 36.1 Å². The third-order valence-corrected chi connectivity index (χ3v) is 4.81. The smallest absolute Gasteiger partial charge is 0.359 e. The number of halogens is 3. The molecule has 1 aliphatic rings. The molecule has 0 amide bonds. The molecule has 0 saturated carbocycles. The van der Waals surface area contributed by atoms with E-state index in [4.69, 9.17) is 0 Å². The Kier molecular flexibility index (Phi) is 4.31. The van der Waals surface area contributed by atoms with E-state index in [-0.39, 0.29) is 6.61 Å². The Hall–Kier alpha value is -2.56. The van der Waals surface area contributed by atoms with Gasteiger partial charge < -0.3 is 4.74 Å². The van der Waals surface area contributed by atoms with Crippen LogP contribution in [-0.4, -0.2) is 29.2 Å². The Morgan fingerprint density at radius 3 is 2.92 bits per heavy atom. The molecule has 1 aliphatic carbocycles. The first-order valence-corrected chi connectivity index (χ1v) is 8.77. The summed E-state index contributed by atoms with van der Waals surface area (Å²) in [5.74, 6) is 5.44. The molecule has 0 spiro atoms. The highest BCUT2D eigenvalue weighted by molar-refractivity contribution is 7.10. The lowest BCUT2D eigenvalue weighted by atomic mass is 10.1. The van der Waals surface area contributed by atoms with Crippen LogP contribution in [0.15, 0.2) is 41.9 Å². The average molecular weight is 374 g/mol. The van der Waals surface area contributed by atoms with Gasteiger partial charge in [-0.25, -0.2) is 4.68 Å². The molecule has 0 radical (unpaired) electrons. The molecule has 0 unspecified atom stereocenters. The van der Waals surface area contributed by atoms with E-state index < -0.39 is 12.8 Å². The molecule has 1 aromatic carbocycles. The van der Waals surface area contributed by atoms with Crippen LogP contribution >= 0.6 is 11.3 Å². The summed E-state index contributed by atoms with van der Waals surface area (Å²) in [4.78, 5) is 0.756. The minimum atomic E-state index is -4.32. The van der Waals surface area contributed by atoms with Gasteiger partial charge in [0, 0.05) is 22.9 Å². The maximum Gasteiger partial charge on any atom is 0.411 e. The first kappa shape index (κ1) is 16.9. The van der Waals surface area contributed by atoms with Crippen molar-refractivity contribution in [1.82, 2.24) is 9.78 Å². The summed E-state index contributed by atoms with van der Waals surface area (Å²) in [7, 11) is 0. The van der Waals surface area contributed by atoms with Crippen molar-refractivity contribution in [1.29, 1.82) is 0 Å². The molecule has 7 heteroatoms. The first-order valence-electron chi connectivity index (χ1n) is 7.89. The Morgan fingerprint density at radius 2 is 2.08 bits per heavy atom. The molecule has 0 saturated heterocycles. The van der Waals surface area contributed by atoms with Crippen LogP contribution < -0.4 is 0 Å². The summed E-state index contributed by atoms with van der Waals surface area (Å²) < 4.78 is 42.4. The molecule has 3 aromatic rings. The minimum absolute atomic E-state index is 0.253. The van der Waals surface area contributed by atoms with Crippen LogP contribution in [-0.2, 0) is 11.2 Å². The maximum absolute atomic E-state index is 12.0. The second-order valence-corrected chi connectivity index (χ2v) is 6.75. The van der Waals surface area contributed by atoms with Crippen molar-refractivity contribution >= 4 is 11.3 Å². The number of hydrogen-bond acceptors (Lipinski definition) is 3. The van der Waals surface area contributed by atoms with Crippen molar-refractivity contribution < 1.29 is 17.9 Å². The SMILES string of the molecule is FC(F)(F)COCC#Cc1cc(-n2ncc3c2-c2ccccc2C3)cs1. The molecular formula is C19H13F3N2OS. The van der Waals surface area contributed by atoms with Gasteiger partial charge in [-0.05, 0) is 11.6 Å². The van der Waals surface area contributed by atoms with Crippen LogP contribution in [0, 0.1) is 11.8 Å². The van der Waals surface area contributed by atoms with Crippen LogP contribution in [0.25, 0.3) is 16.9 Å². The van der Waals surface area contributed by atoms with E-state index in [9.17, 15) is 13.2 Å². The van der Waals surface area contributed by atoms with E-state index in [1.807, 2.05) is 34.5 Å². The number of alkyl halides is 3. The van der Waals surface area contributed by atoms with E-state index in [1.165, 1.54) is 28.0 Å². The molecule has 2 aromatic heterocycles. The van der Waals surface area contributed by atoms with E-state index in [0.29, 0.717) is 0 Å². The van der Waals surface area contributed by atoms with Crippen molar-refractivity contribution in [3.05, 3.63) is 57.9 Å². The monoisotopic (exact) mass is 374 g/mol. The Balaban J connectivity index is 1.51. The molecular weight excluding hydrogens is 361 g/mol. The fourth-order valence-electron chi connectivity index (χ4n) is 2.95. The highest BCUT2D eigenvalue weighted by Crippen LogP contribution is 2.38. The van der Waals surface area contributed by atoms with E-state index in [1.54, 1.807) is 0 Å². The number of ether oxygens (including phenoxy) is 1. The lowest BCUT2D eigenvalue weighted by Gasteiger charge is -2.04. The Labute approximate surface area is 152 Å². The third-order valence-electron chi connectivity index (χ3n) is 3.98. The second kappa shape index (κ2) is 6.63. The number of fused-ring (bicyclic) bond motifs is 3. The normalized spacial score (nSPS) is 12.4.